The Bertz CT molecular complexity index is 634. The smallest absolute Gasteiger partial charge is 0.399 e. The van der Waals surface area contributed by atoms with Crippen LogP contribution in [0, 0.1) is 0 Å². The van der Waals surface area contributed by atoms with E-state index in [0.717, 1.165) is 31.3 Å². The molecule has 1 amide bonds. The first-order chi connectivity index (χ1) is 12.2. The number of amides is 1. The highest BCUT2D eigenvalue weighted by atomic mass is 16.7. The molecule has 2 aliphatic heterocycles. The minimum absolute atomic E-state index is 0.133. The number of nitrogens with one attached hydrogen (secondary N) is 1. The van der Waals surface area contributed by atoms with Crippen LogP contribution in [0.4, 0.5) is 5.95 Å². The predicted octanol–water partition coefficient (Wildman–Crippen LogP) is 1.59. The maximum atomic E-state index is 11.8. The van der Waals surface area contributed by atoms with Gasteiger partial charge in [-0.25, -0.2) is 9.97 Å². The van der Waals surface area contributed by atoms with Crippen LogP contribution in [0.25, 0.3) is 0 Å². The summed E-state index contributed by atoms with van der Waals surface area (Å²) < 4.78 is 12.0. The molecule has 1 aromatic heterocycles. The topological polar surface area (TPSA) is 76.6 Å². The summed E-state index contributed by atoms with van der Waals surface area (Å²) in [5.41, 5.74) is 0.0366. The lowest BCUT2D eigenvalue weighted by atomic mass is 9.81. The molecule has 0 saturated carbocycles. The number of likely N-dealkylation sites (tertiary alicyclic amines) is 1. The van der Waals surface area contributed by atoms with Gasteiger partial charge >= 0.3 is 7.12 Å². The van der Waals surface area contributed by atoms with Crippen molar-refractivity contribution in [1.82, 2.24) is 14.9 Å². The molecule has 1 N–H and O–H groups in total. The Morgan fingerprint density at radius 2 is 1.85 bits per heavy atom. The van der Waals surface area contributed by atoms with Crippen LogP contribution in [0.3, 0.4) is 0 Å². The molecule has 0 bridgehead atoms. The van der Waals surface area contributed by atoms with Gasteiger partial charge in [-0.2, -0.15) is 0 Å². The summed E-state index contributed by atoms with van der Waals surface area (Å²) in [5, 5.41) is 3.25. The summed E-state index contributed by atoms with van der Waals surface area (Å²) in [6, 6.07) is 0.202. The minimum atomic E-state index is -0.458. The third kappa shape index (κ3) is 3.86. The fourth-order valence-electron chi connectivity index (χ4n) is 3.37. The number of carbonyl (C=O) groups is 1. The van der Waals surface area contributed by atoms with Crippen LogP contribution in [0.5, 0.6) is 0 Å². The van der Waals surface area contributed by atoms with Crippen LogP contribution >= 0.6 is 0 Å². The van der Waals surface area contributed by atoms with E-state index in [1.807, 2.05) is 32.6 Å². The van der Waals surface area contributed by atoms with Crippen molar-refractivity contribution < 1.29 is 14.1 Å². The van der Waals surface area contributed by atoms with Gasteiger partial charge < -0.3 is 19.5 Å². The van der Waals surface area contributed by atoms with E-state index in [4.69, 9.17) is 9.31 Å². The van der Waals surface area contributed by atoms with E-state index in [1.165, 1.54) is 0 Å². The zero-order valence-corrected chi connectivity index (χ0v) is 16.4. The number of aromatic nitrogens is 2. The monoisotopic (exact) mass is 360 g/mol. The van der Waals surface area contributed by atoms with Crippen molar-refractivity contribution in [2.24, 2.45) is 0 Å². The number of hydrogen-bond donors (Lipinski definition) is 1. The van der Waals surface area contributed by atoms with Crippen molar-refractivity contribution in [2.75, 3.05) is 18.4 Å². The summed E-state index contributed by atoms with van der Waals surface area (Å²) in [7, 11) is -0.458. The average Bonchev–Trinajstić information content (AvgIpc) is 2.81. The molecule has 8 heteroatoms. The number of anilines is 1. The van der Waals surface area contributed by atoms with Crippen molar-refractivity contribution in [3.63, 3.8) is 0 Å². The molecular weight excluding hydrogens is 331 g/mol. The van der Waals surface area contributed by atoms with E-state index >= 15 is 0 Å². The van der Waals surface area contributed by atoms with Gasteiger partial charge in [0.2, 0.25) is 11.9 Å². The molecule has 7 nitrogen and oxygen atoms in total. The summed E-state index contributed by atoms with van der Waals surface area (Å²) in [6.07, 6.45) is 6.72. The van der Waals surface area contributed by atoms with Crippen LogP contribution in [-0.2, 0) is 14.1 Å². The van der Waals surface area contributed by atoms with Gasteiger partial charge in [-0.05, 0) is 47.0 Å². The van der Waals surface area contributed by atoms with Crippen molar-refractivity contribution in [3.05, 3.63) is 12.4 Å². The third-order valence-electron chi connectivity index (χ3n) is 5.72. The maximum absolute atomic E-state index is 11.8. The maximum Gasteiger partial charge on any atom is 0.498 e. The SMILES string of the molecule is CC(=O)N1CCCC[C@H]1CNc1ncc(B2OC(C)(C)C(C)(C)O2)cn1. The molecule has 0 aromatic carbocycles. The molecule has 142 valence electrons. The van der Waals surface area contributed by atoms with Crippen LogP contribution in [0.2, 0.25) is 0 Å². The largest absolute Gasteiger partial charge is 0.498 e. The van der Waals surface area contributed by atoms with Gasteiger partial charge in [0, 0.05) is 43.9 Å². The van der Waals surface area contributed by atoms with Crippen molar-refractivity contribution in [1.29, 1.82) is 0 Å². The van der Waals surface area contributed by atoms with E-state index in [1.54, 1.807) is 19.3 Å². The Hall–Kier alpha value is -1.67. The Morgan fingerprint density at radius 1 is 1.23 bits per heavy atom. The molecule has 0 unspecified atom stereocenters. The molecule has 0 radical (unpaired) electrons. The van der Waals surface area contributed by atoms with Gasteiger partial charge in [-0.1, -0.05) is 0 Å². The highest BCUT2D eigenvalue weighted by Gasteiger charge is 2.51. The third-order valence-corrected chi connectivity index (χ3v) is 5.72. The number of nitrogens with zero attached hydrogens (tertiary/aromatic N) is 3. The summed E-state index contributed by atoms with van der Waals surface area (Å²) >= 11 is 0. The number of hydrogen-bond acceptors (Lipinski definition) is 6. The van der Waals surface area contributed by atoms with E-state index in [2.05, 4.69) is 15.3 Å². The predicted molar refractivity (Wildman–Crippen MR) is 101 cm³/mol. The van der Waals surface area contributed by atoms with Crippen molar-refractivity contribution in [2.45, 2.75) is 71.1 Å². The van der Waals surface area contributed by atoms with Gasteiger partial charge in [0.05, 0.1) is 11.2 Å². The lowest BCUT2D eigenvalue weighted by Gasteiger charge is -2.35. The van der Waals surface area contributed by atoms with E-state index in [0.29, 0.717) is 12.5 Å². The van der Waals surface area contributed by atoms with Crippen LogP contribution < -0.4 is 10.8 Å². The first kappa shape index (κ1) is 19.1. The molecule has 2 saturated heterocycles. The summed E-state index contributed by atoms with van der Waals surface area (Å²) in [6.45, 7) is 11.2. The van der Waals surface area contributed by atoms with E-state index in [-0.39, 0.29) is 23.2 Å². The minimum Gasteiger partial charge on any atom is -0.399 e. The Balaban J connectivity index is 1.59. The fourth-order valence-corrected chi connectivity index (χ4v) is 3.37. The van der Waals surface area contributed by atoms with E-state index < -0.39 is 7.12 Å². The number of piperidine rings is 1. The molecule has 26 heavy (non-hydrogen) atoms. The molecule has 3 heterocycles. The van der Waals surface area contributed by atoms with Crippen molar-refractivity contribution >= 4 is 24.4 Å². The normalized spacial score (nSPS) is 24.6. The first-order valence-electron chi connectivity index (χ1n) is 9.38. The molecule has 2 aliphatic rings. The molecular formula is C18H29BN4O3. The second kappa shape index (κ2) is 7.16. The molecule has 1 atom stereocenters. The van der Waals surface area contributed by atoms with Crippen molar-refractivity contribution in [3.8, 4) is 0 Å². The first-order valence-corrected chi connectivity index (χ1v) is 9.38. The van der Waals surface area contributed by atoms with Crippen LogP contribution in [0.1, 0.15) is 53.9 Å². The summed E-state index contributed by atoms with van der Waals surface area (Å²) in [5.74, 6) is 0.688. The highest BCUT2D eigenvalue weighted by Crippen LogP contribution is 2.36. The Labute approximate surface area is 156 Å². The zero-order chi connectivity index (χ0) is 18.9. The average molecular weight is 360 g/mol. The van der Waals surface area contributed by atoms with Gasteiger partial charge in [0.15, 0.2) is 0 Å². The number of rotatable bonds is 4. The second-order valence-electron chi connectivity index (χ2n) is 8.17. The summed E-state index contributed by atoms with van der Waals surface area (Å²) in [4.78, 5) is 22.5. The lowest BCUT2D eigenvalue weighted by molar-refractivity contribution is -0.132. The van der Waals surface area contributed by atoms with Gasteiger partial charge in [0.1, 0.15) is 0 Å². The lowest BCUT2D eigenvalue weighted by Crippen LogP contribution is -2.46. The standard InChI is InChI=1S/C18H29BN4O3/c1-13(24)23-9-7-6-8-15(23)12-22-16-20-10-14(11-21-16)19-25-17(2,3)18(4,5)26-19/h10-11,15H,6-9,12H2,1-5H3,(H,20,21,22)/t15-/m0/s1. The Kier molecular flexibility index (Phi) is 5.26. The number of carbonyl (C=O) groups excluding carboxylic acids is 1. The quantitative estimate of drug-likeness (QED) is 0.822. The Morgan fingerprint density at radius 3 is 2.42 bits per heavy atom. The van der Waals surface area contributed by atoms with Crippen LogP contribution in [-0.4, -0.2) is 58.2 Å². The fraction of sp³-hybridized carbons (Fsp3) is 0.722. The molecule has 0 aliphatic carbocycles. The second-order valence-corrected chi connectivity index (χ2v) is 8.17. The van der Waals surface area contributed by atoms with E-state index in [9.17, 15) is 4.79 Å². The van der Waals surface area contributed by atoms with Crippen LogP contribution in [0.15, 0.2) is 12.4 Å². The molecule has 0 spiro atoms. The van der Waals surface area contributed by atoms with Gasteiger partial charge in [0.25, 0.3) is 0 Å². The highest BCUT2D eigenvalue weighted by molar-refractivity contribution is 6.61. The van der Waals surface area contributed by atoms with Gasteiger partial charge in [-0.3, -0.25) is 4.79 Å². The molecule has 3 rings (SSSR count). The molecule has 2 fully saturated rings. The zero-order valence-electron chi connectivity index (χ0n) is 16.4. The molecule has 1 aromatic rings. The van der Waals surface area contributed by atoms with Gasteiger partial charge in [-0.15, -0.1) is 0 Å².